The summed E-state index contributed by atoms with van der Waals surface area (Å²) in [6.07, 6.45) is 3.53. The Balaban J connectivity index is 1.98. The first kappa shape index (κ1) is 15.6. The second kappa shape index (κ2) is 6.32. The number of carbonyl (C=O) groups is 3. The summed E-state index contributed by atoms with van der Waals surface area (Å²) in [5.74, 6) is -1.30. The molecule has 0 aromatic heterocycles. The van der Waals surface area contributed by atoms with Crippen LogP contribution in [0.3, 0.4) is 0 Å². The van der Waals surface area contributed by atoms with Crippen molar-refractivity contribution in [3.05, 3.63) is 0 Å². The highest BCUT2D eigenvalue weighted by Gasteiger charge is 2.43. The minimum absolute atomic E-state index is 0.0728. The van der Waals surface area contributed by atoms with E-state index >= 15 is 0 Å². The lowest BCUT2D eigenvalue weighted by atomic mass is 9.74. The molecule has 0 aromatic rings. The predicted molar refractivity (Wildman–Crippen MR) is 73.7 cm³/mol. The molecule has 2 N–H and O–H groups in total. The average Bonchev–Trinajstić information content (AvgIpc) is 2.85. The van der Waals surface area contributed by atoms with Crippen LogP contribution in [0.2, 0.25) is 0 Å². The summed E-state index contributed by atoms with van der Waals surface area (Å²) < 4.78 is 4.99. The summed E-state index contributed by atoms with van der Waals surface area (Å²) >= 11 is 0. The number of carboxylic acid groups (broad SMARTS) is 1. The number of carboxylic acids is 1. The molecule has 1 unspecified atom stereocenters. The van der Waals surface area contributed by atoms with Gasteiger partial charge < -0.3 is 20.1 Å². The van der Waals surface area contributed by atoms with Gasteiger partial charge in [0.2, 0.25) is 0 Å². The Labute approximate surface area is 123 Å². The van der Waals surface area contributed by atoms with Crippen LogP contribution in [0, 0.1) is 0 Å². The molecule has 0 spiro atoms. The maximum absolute atomic E-state index is 12.4. The predicted octanol–water partition coefficient (Wildman–Crippen LogP) is 1.12. The van der Waals surface area contributed by atoms with E-state index in [-0.39, 0.29) is 25.0 Å². The third-order valence-electron chi connectivity index (χ3n) is 4.24. The highest BCUT2D eigenvalue weighted by molar-refractivity contribution is 5.85. The number of urea groups is 1. The molecule has 1 atom stereocenters. The van der Waals surface area contributed by atoms with Crippen LogP contribution in [0.4, 0.5) is 4.79 Å². The van der Waals surface area contributed by atoms with E-state index in [0.29, 0.717) is 25.8 Å². The number of rotatable bonds is 5. The summed E-state index contributed by atoms with van der Waals surface area (Å²) in [4.78, 5) is 36.6. The van der Waals surface area contributed by atoms with Gasteiger partial charge in [-0.2, -0.15) is 0 Å². The summed E-state index contributed by atoms with van der Waals surface area (Å²) in [6.45, 7) is 2.51. The van der Waals surface area contributed by atoms with E-state index in [1.165, 1.54) is 4.90 Å². The van der Waals surface area contributed by atoms with Gasteiger partial charge in [0.05, 0.1) is 18.6 Å². The van der Waals surface area contributed by atoms with E-state index in [4.69, 9.17) is 9.84 Å². The van der Waals surface area contributed by atoms with E-state index in [0.717, 1.165) is 12.8 Å². The Morgan fingerprint density at radius 3 is 2.57 bits per heavy atom. The van der Waals surface area contributed by atoms with Crippen LogP contribution in [0.25, 0.3) is 0 Å². The number of hydrogen-bond acceptors (Lipinski definition) is 4. The molecule has 2 fully saturated rings. The molecule has 1 saturated carbocycles. The zero-order valence-corrected chi connectivity index (χ0v) is 12.3. The Morgan fingerprint density at radius 2 is 2.05 bits per heavy atom. The van der Waals surface area contributed by atoms with Crippen LogP contribution >= 0.6 is 0 Å². The van der Waals surface area contributed by atoms with E-state index in [9.17, 15) is 14.4 Å². The molecule has 118 valence electrons. The van der Waals surface area contributed by atoms with Crippen LogP contribution in [-0.4, -0.2) is 52.7 Å². The molecule has 0 bridgehead atoms. The second-order valence-corrected chi connectivity index (χ2v) is 5.74. The summed E-state index contributed by atoms with van der Waals surface area (Å²) in [5.41, 5.74) is -0.648. The number of ether oxygens (including phenoxy) is 1. The van der Waals surface area contributed by atoms with Crippen molar-refractivity contribution in [2.45, 2.75) is 57.0 Å². The molecule has 1 aliphatic heterocycles. The second-order valence-electron chi connectivity index (χ2n) is 5.74. The molecule has 0 radical (unpaired) electrons. The molecule has 2 aliphatic rings. The standard InChI is InChI=1S/C14H22N2O5/c1-2-21-12(19)10-5-3-8-16(10)13(20)15-14(6-4-7-14)9-11(17)18/h10H,2-9H2,1H3,(H,15,20)(H,17,18). The van der Waals surface area contributed by atoms with Gasteiger partial charge in [-0.1, -0.05) is 0 Å². The van der Waals surface area contributed by atoms with Crippen molar-refractivity contribution in [1.82, 2.24) is 10.2 Å². The molecule has 1 heterocycles. The number of hydrogen-bond donors (Lipinski definition) is 2. The van der Waals surface area contributed by atoms with Crippen molar-refractivity contribution in [2.24, 2.45) is 0 Å². The zero-order valence-electron chi connectivity index (χ0n) is 12.3. The lowest BCUT2D eigenvalue weighted by Gasteiger charge is -2.42. The number of aliphatic carboxylic acids is 1. The Bertz CT molecular complexity index is 433. The van der Waals surface area contributed by atoms with E-state index in [1.807, 2.05) is 0 Å². The van der Waals surface area contributed by atoms with Gasteiger partial charge in [-0.15, -0.1) is 0 Å². The fourth-order valence-corrected chi connectivity index (χ4v) is 3.03. The van der Waals surface area contributed by atoms with Gasteiger partial charge in [-0.25, -0.2) is 9.59 Å². The van der Waals surface area contributed by atoms with E-state index < -0.39 is 17.6 Å². The summed E-state index contributed by atoms with van der Waals surface area (Å²) in [7, 11) is 0. The fourth-order valence-electron chi connectivity index (χ4n) is 3.03. The molecular formula is C14H22N2O5. The van der Waals surface area contributed by atoms with Crippen molar-refractivity contribution in [1.29, 1.82) is 0 Å². The van der Waals surface area contributed by atoms with Crippen molar-refractivity contribution in [3.8, 4) is 0 Å². The van der Waals surface area contributed by atoms with Gasteiger partial charge in [-0.05, 0) is 39.0 Å². The molecule has 21 heavy (non-hydrogen) atoms. The third kappa shape index (κ3) is 3.46. The number of nitrogens with zero attached hydrogens (tertiary/aromatic N) is 1. The lowest BCUT2D eigenvalue weighted by Crippen LogP contribution is -2.59. The van der Waals surface area contributed by atoms with Gasteiger partial charge in [-0.3, -0.25) is 4.79 Å². The highest BCUT2D eigenvalue weighted by Crippen LogP contribution is 2.35. The topological polar surface area (TPSA) is 95.9 Å². The third-order valence-corrected chi connectivity index (χ3v) is 4.24. The number of nitrogens with one attached hydrogen (secondary N) is 1. The smallest absolute Gasteiger partial charge is 0.328 e. The van der Waals surface area contributed by atoms with Crippen LogP contribution < -0.4 is 5.32 Å². The summed E-state index contributed by atoms with van der Waals surface area (Å²) in [5, 5.41) is 11.8. The number of amides is 2. The Morgan fingerprint density at radius 1 is 1.33 bits per heavy atom. The van der Waals surface area contributed by atoms with Gasteiger partial charge in [0.1, 0.15) is 6.04 Å². The fraction of sp³-hybridized carbons (Fsp3) is 0.786. The van der Waals surface area contributed by atoms with Crippen molar-refractivity contribution in [2.75, 3.05) is 13.2 Å². The van der Waals surface area contributed by atoms with Crippen LogP contribution in [0.5, 0.6) is 0 Å². The first-order chi connectivity index (χ1) is 9.97. The molecule has 1 aliphatic carbocycles. The monoisotopic (exact) mass is 298 g/mol. The maximum atomic E-state index is 12.4. The molecule has 0 aromatic carbocycles. The number of likely N-dealkylation sites (tertiary alicyclic amines) is 1. The van der Waals surface area contributed by atoms with Crippen molar-refractivity contribution >= 4 is 18.0 Å². The Kier molecular flexibility index (Phi) is 4.69. The van der Waals surface area contributed by atoms with Crippen LogP contribution in [-0.2, 0) is 14.3 Å². The van der Waals surface area contributed by atoms with Crippen LogP contribution in [0.1, 0.15) is 45.4 Å². The number of esters is 1. The first-order valence-corrected chi connectivity index (χ1v) is 7.45. The SMILES string of the molecule is CCOC(=O)C1CCCN1C(=O)NC1(CC(=O)O)CCC1. The minimum atomic E-state index is -0.918. The van der Waals surface area contributed by atoms with Crippen molar-refractivity contribution in [3.63, 3.8) is 0 Å². The Hall–Kier alpha value is -1.79. The van der Waals surface area contributed by atoms with E-state index in [1.54, 1.807) is 6.92 Å². The lowest BCUT2D eigenvalue weighted by molar-refractivity contribution is -0.147. The average molecular weight is 298 g/mol. The summed E-state index contributed by atoms with van der Waals surface area (Å²) in [6, 6.07) is -0.904. The molecule has 2 amide bonds. The van der Waals surface area contributed by atoms with Gasteiger partial charge in [0.25, 0.3) is 0 Å². The molecule has 7 nitrogen and oxygen atoms in total. The largest absolute Gasteiger partial charge is 0.481 e. The molecule has 7 heteroatoms. The van der Waals surface area contributed by atoms with Crippen LogP contribution in [0.15, 0.2) is 0 Å². The molecule has 1 saturated heterocycles. The minimum Gasteiger partial charge on any atom is -0.481 e. The first-order valence-electron chi connectivity index (χ1n) is 7.45. The highest BCUT2D eigenvalue weighted by atomic mass is 16.5. The number of carbonyl (C=O) groups excluding carboxylic acids is 2. The van der Waals surface area contributed by atoms with E-state index in [2.05, 4.69) is 5.32 Å². The van der Waals surface area contributed by atoms with Gasteiger partial charge in [0, 0.05) is 6.54 Å². The van der Waals surface area contributed by atoms with Crippen molar-refractivity contribution < 1.29 is 24.2 Å². The van der Waals surface area contributed by atoms with Gasteiger partial charge in [0.15, 0.2) is 0 Å². The molecular weight excluding hydrogens is 276 g/mol. The quantitative estimate of drug-likeness (QED) is 0.741. The molecule has 2 rings (SSSR count). The zero-order chi connectivity index (χ0) is 15.5. The normalized spacial score (nSPS) is 23.3. The van der Waals surface area contributed by atoms with Gasteiger partial charge >= 0.3 is 18.0 Å². The maximum Gasteiger partial charge on any atom is 0.328 e.